The SMILES string of the molecule is C=CCn1c(SCC(=O)Nc2cc(C)ccc2C)nc2sc3c(c2c1=O)CCCCC3. The van der Waals surface area contributed by atoms with E-state index in [0.29, 0.717) is 11.7 Å². The molecule has 0 saturated heterocycles. The zero-order valence-corrected chi connectivity index (χ0v) is 19.6. The molecule has 1 amide bonds. The highest BCUT2D eigenvalue weighted by Gasteiger charge is 2.21. The Balaban J connectivity index is 1.61. The summed E-state index contributed by atoms with van der Waals surface area (Å²) in [6.45, 7) is 8.16. The van der Waals surface area contributed by atoms with E-state index in [1.165, 1.54) is 35.0 Å². The summed E-state index contributed by atoms with van der Waals surface area (Å²) in [5, 5.41) is 4.32. The van der Waals surface area contributed by atoms with Crippen LogP contribution in [0.3, 0.4) is 0 Å². The molecular formula is C24H27N3O2S2. The Morgan fingerprint density at radius 1 is 1.29 bits per heavy atom. The third-order valence-corrected chi connectivity index (χ3v) is 7.76. The lowest BCUT2D eigenvalue weighted by molar-refractivity contribution is -0.113. The van der Waals surface area contributed by atoms with Gasteiger partial charge < -0.3 is 5.32 Å². The number of aryl methyl sites for hydroxylation is 4. The average Bonchev–Trinajstić information content (AvgIpc) is 2.92. The molecule has 2 heterocycles. The lowest BCUT2D eigenvalue weighted by Gasteiger charge is -2.12. The molecule has 5 nitrogen and oxygen atoms in total. The van der Waals surface area contributed by atoms with E-state index < -0.39 is 0 Å². The first kappa shape index (κ1) is 21.8. The quantitative estimate of drug-likeness (QED) is 0.239. The maximum absolute atomic E-state index is 13.4. The van der Waals surface area contributed by atoms with Gasteiger partial charge in [0.05, 0.1) is 11.1 Å². The molecule has 4 rings (SSSR count). The molecule has 0 saturated carbocycles. The van der Waals surface area contributed by atoms with Crippen LogP contribution in [-0.4, -0.2) is 21.2 Å². The molecule has 1 N–H and O–H groups in total. The second kappa shape index (κ2) is 9.40. The van der Waals surface area contributed by atoms with Crippen molar-refractivity contribution in [3.8, 4) is 0 Å². The topological polar surface area (TPSA) is 64.0 Å². The van der Waals surface area contributed by atoms with Gasteiger partial charge in [0.2, 0.25) is 5.91 Å². The number of fused-ring (bicyclic) bond motifs is 3. The normalized spacial score (nSPS) is 13.6. The van der Waals surface area contributed by atoms with Gasteiger partial charge in [-0.2, -0.15) is 0 Å². The van der Waals surface area contributed by atoms with Crippen molar-refractivity contribution in [2.24, 2.45) is 0 Å². The van der Waals surface area contributed by atoms with Crippen LogP contribution in [0.5, 0.6) is 0 Å². The Kier molecular flexibility index (Phi) is 6.62. The molecule has 7 heteroatoms. The number of hydrogen-bond donors (Lipinski definition) is 1. The van der Waals surface area contributed by atoms with Crippen LogP contribution < -0.4 is 10.9 Å². The molecule has 31 heavy (non-hydrogen) atoms. The van der Waals surface area contributed by atoms with Crippen molar-refractivity contribution >= 4 is 44.9 Å². The number of carbonyl (C=O) groups excluding carboxylic acids is 1. The first-order chi connectivity index (χ1) is 15.0. The summed E-state index contributed by atoms with van der Waals surface area (Å²) >= 11 is 2.95. The standard InChI is InChI=1S/C24H27N3O2S2/c1-4-12-27-23(29)21-17-8-6-5-7-9-19(17)31-22(21)26-24(27)30-14-20(28)25-18-13-15(2)10-11-16(18)3/h4,10-11,13H,1,5-9,12,14H2,2-3H3,(H,25,28). The molecule has 2 aromatic heterocycles. The van der Waals surface area contributed by atoms with E-state index in [2.05, 4.69) is 11.9 Å². The van der Waals surface area contributed by atoms with Crippen LogP contribution in [-0.2, 0) is 24.2 Å². The van der Waals surface area contributed by atoms with Crippen LogP contribution >= 0.6 is 23.1 Å². The van der Waals surface area contributed by atoms with E-state index in [1.807, 2.05) is 32.0 Å². The van der Waals surface area contributed by atoms with Gasteiger partial charge in [0.1, 0.15) is 4.83 Å². The van der Waals surface area contributed by atoms with E-state index in [1.54, 1.807) is 22.0 Å². The molecule has 0 unspecified atom stereocenters. The van der Waals surface area contributed by atoms with Crippen LogP contribution in [0.25, 0.3) is 10.2 Å². The summed E-state index contributed by atoms with van der Waals surface area (Å²) in [4.78, 5) is 32.9. The number of nitrogens with one attached hydrogen (secondary N) is 1. The number of allylic oxidation sites excluding steroid dienone is 1. The minimum absolute atomic E-state index is 0.0123. The van der Waals surface area contributed by atoms with Crippen LogP contribution in [0, 0.1) is 13.8 Å². The first-order valence-electron chi connectivity index (χ1n) is 10.6. The maximum atomic E-state index is 13.4. The van der Waals surface area contributed by atoms with Crippen LogP contribution in [0.2, 0.25) is 0 Å². The van der Waals surface area contributed by atoms with Gasteiger partial charge in [0.25, 0.3) is 5.56 Å². The molecule has 1 aromatic carbocycles. The van der Waals surface area contributed by atoms with E-state index >= 15 is 0 Å². The lowest BCUT2D eigenvalue weighted by Crippen LogP contribution is -2.24. The molecule has 3 aromatic rings. The number of hydrogen-bond acceptors (Lipinski definition) is 5. The monoisotopic (exact) mass is 453 g/mol. The second-order valence-corrected chi connectivity index (χ2v) is 10.0. The molecule has 0 aliphatic heterocycles. The predicted octanol–water partition coefficient (Wildman–Crippen LogP) is 5.26. The fraction of sp³-hybridized carbons (Fsp3) is 0.375. The van der Waals surface area contributed by atoms with E-state index in [-0.39, 0.29) is 17.2 Å². The number of thioether (sulfide) groups is 1. The Bertz CT molecular complexity index is 1210. The molecule has 0 radical (unpaired) electrons. The van der Waals surface area contributed by atoms with Crippen molar-refractivity contribution in [3.05, 3.63) is 62.8 Å². The summed E-state index contributed by atoms with van der Waals surface area (Å²) in [6, 6.07) is 5.99. The van der Waals surface area contributed by atoms with Gasteiger partial charge in [-0.15, -0.1) is 17.9 Å². The average molecular weight is 454 g/mol. The minimum Gasteiger partial charge on any atom is -0.325 e. The van der Waals surface area contributed by atoms with Crippen molar-refractivity contribution in [2.45, 2.75) is 57.7 Å². The predicted molar refractivity (Wildman–Crippen MR) is 131 cm³/mol. The highest BCUT2D eigenvalue weighted by molar-refractivity contribution is 7.99. The van der Waals surface area contributed by atoms with Crippen molar-refractivity contribution in [1.82, 2.24) is 9.55 Å². The summed E-state index contributed by atoms with van der Waals surface area (Å²) in [6.07, 6.45) is 7.18. The number of rotatable bonds is 6. The molecule has 0 bridgehead atoms. The van der Waals surface area contributed by atoms with Gasteiger partial charge in [-0.05, 0) is 62.3 Å². The Morgan fingerprint density at radius 3 is 2.90 bits per heavy atom. The highest BCUT2D eigenvalue weighted by Crippen LogP contribution is 2.34. The van der Waals surface area contributed by atoms with E-state index in [4.69, 9.17) is 4.98 Å². The molecule has 0 fully saturated rings. The van der Waals surface area contributed by atoms with Crippen LogP contribution in [0.4, 0.5) is 5.69 Å². The third-order valence-electron chi connectivity index (χ3n) is 5.60. The number of aromatic nitrogens is 2. The largest absolute Gasteiger partial charge is 0.325 e. The summed E-state index contributed by atoms with van der Waals surface area (Å²) in [7, 11) is 0. The van der Waals surface area contributed by atoms with Crippen molar-refractivity contribution < 1.29 is 4.79 Å². The molecule has 1 aliphatic carbocycles. The zero-order chi connectivity index (χ0) is 22.0. The Hall–Kier alpha value is -2.38. The second-order valence-electron chi connectivity index (χ2n) is 8.00. The number of nitrogens with zero attached hydrogens (tertiary/aromatic N) is 2. The summed E-state index contributed by atoms with van der Waals surface area (Å²) < 4.78 is 1.66. The van der Waals surface area contributed by atoms with Gasteiger partial charge in [0.15, 0.2) is 5.16 Å². The summed E-state index contributed by atoms with van der Waals surface area (Å²) in [5.41, 5.74) is 4.11. The smallest absolute Gasteiger partial charge is 0.263 e. The first-order valence-corrected chi connectivity index (χ1v) is 12.4. The number of carbonyl (C=O) groups is 1. The van der Waals surface area contributed by atoms with Crippen molar-refractivity contribution in [1.29, 1.82) is 0 Å². The van der Waals surface area contributed by atoms with Crippen molar-refractivity contribution in [3.63, 3.8) is 0 Å². The molecule has 1 aliphatic rings. The number of benzene rings is 1. The zero-order valence-electron chi connectivity index (χ0n) is 18.0. The highest BCUT2D eigenvalue weighted by atomic mass is 32.2. The van der Waals surface area contributed by atoms with Gasteiger partial charge in [-0.1, -0.05) is 36.4 Å². The summed E-state index contributed by atoms with van der Waals surface area (Å²) in [5.74, 6) is 0.0771. The Morgan fingerprint density at radius 2 is 2.10 bits per heavy atom. The van der Waals surface area contributed by atoms with Gasteiger partial charge >= 0.3 is 0 Å². The van der Waals surface area contributed by atoms with Gasteiger partial charge in [0, 0.05) is 17.1 Å². The number of thiophene rings is 1. The Labute approximate surface area is 190 Å². The van der Waals surface area contributed by atoms with E-state index in [0.717, 1.165) is 46.3 Å². The molecule has 0 spiro atoms. The number of amides is 1. The van der Waals surface area contributed by atoms with Gasteiger partial charge in [-0.25, -0.2) is 4.98 Å². The van der Waals surface area contributed by atoms with Crippen LogP contribution in [0.1, 0.15) is 40.8 Å². The molecule has 0 atom stereocenters. The third kappa shape index (κ3) is 4.62. The van der Waals surface area contributed by atoms with E-state index in [9.17, 15) is 9.59 Å². The maximum Gasteiger partial charge on any atom is 0.263 e. The van der Waals surface area contributed by atoms with Crippen LogP contribution in [0.15, 0.2) is 40.8 Å². The minimum atomic E-state index is -0.111. The molecule has 162 valence electrons. The molecular weight excluding hydrogens is 426 g/mol. The number of anilines is 1. The fourth-order valence-corrected chi connectivity index (χ4v) is 6.09. The lowest BCUT2D eigenvalue weighted by atomic mass is 10.1. The fourth-order valence-electron chi connectivity index (χ4n) is 3.98. The van der Waals surface area contributed by atoms with Crippen molar-refractivity contribution in [2.75, 3.05) is 11.1 Å². The van der Waals surface area contributed by atoms with Gasteiger partial charge in [-0.3, -0.25) is 14.2 Å².